The van der Waals surface area contributed by atoms with Crippen molar-refractivity contribution in [2.24, 2.45) is 0 Å². The van der Waals surface area contributed by atoms with Crippen molar-refractivity contribution in [2.75, 3.05) is 21.2 Å². The zero-order valence-electron chi connectivity index (χ0n) is 42.3. The number of hydrogen-bond donors (Lipinski definition) is 0. The topological polar surface area (TPSA) is 9.72 Å². The highest BCUT2D eigenvalue weighted by Gasteiger charge is 2.23. The third-order valence-electron chi connectivity index (χ3n) is 11.5. The summed E-state index contributed by atoms with van der Waals surface area (Å²) >= 11 is 0. The first-order valence-electron chi connectivity index (χ1n) is 24.5. The molecule has 3 heteroatoms. The Bertz CT molecular complexity index is 2900. The van der Waals surface area contributed by atoms with Crippen molar-refractivity contribution in [3.05, 3.63) is 249 Å². The molecule has 70 heavy (non-hydrogen) atoms. The van der Waals surface area contributed by atoms with Gasteiger partial charge in [-0.1, -0.05) is 193 Å². The summed E-state index contributed by atoms with van der Waals surface area (Å²) in [4.78, 5) is 6.93. The molecule has 0 N–H and O–H groups in total. The molecule has 0 aromatic heterocycles. The Morgan fingerprint density at radius 3 is 1.36 bits per heavy atom. The molecule has 1 aliphatic heterocycles. The van der Waals surface area contributed by atoms with Gasteiger partial charge in [-0.25, -0.2) is 0 Å². The van der Waals surface area contributed by atoms with E-state index < -0.39 is 0 Å². The Balaban J connectivity index is 0.000000850. The molecular formula is C67H69N3. The van der Waals surface area contributed by atoms with E-state index in [0.29, 0.717) is 0 Å². The first-order valence-corrected chi connectivity index (χ1v) is 24.5. The lowest BCUT2D eigenvalue weighted by Gasteiger charge is -2.26. The van der Waals surface area contributed by atoms with Crippen LogP contribution in [0.15, 0.2) is 238 Å². The molecule has 1 aliphatic rings. The molecule has 8 aromatic rings. The predicted molar refractivity (Wildman–Crippen MR) is 311 cm³/mol. The molecule has 3 nitrogen and oxygen atoms in total. The van der Waals surface area contributed by atoms with Crippen LogP contribution in [0.25, 0.3) is 45.0 Å². The molecule has 0 saturated heterocycles. The van der Waals surface area contributed by atoms with Crippen molar-refractivity contribution < 1.29 is 0 Å². The number of para-hydroxylation sites is 2. The van der Waals surface area contributed by atoms with Crippen molar-refractivity contribution in [3.8, 4) is 46.2 Å². The second-order valence-corrected chi connectivity index (χ2v) is 15.8. The first kappa shape index (κ1) is 52.6. The Labute approximate surface area is 420 Å². The SMILES string of the molecule is C#C.C=C1CN(c2ccc(-c3ccc(N(c4ccc(-c5ccccc5)cc4)c4ccc(-c5ccc(N(/C=C/C)c6ccccc6/C=C/C)cc5)cc4)cc3)cc2)c2ccccc21.C=CCC.CC.CC. The number of benzene rings is 8. The van der Waals surface area contributed by atoms with Crippen LogP contribution in [0.2, 0.25) is 0 Å². The summed E-state index contributed by atoms with van der Waals surface area (Å²) in [6, 6.07) is 72.0. The lowest BCUT2D eigenvalue weighted by atomic mass is 10.0. The average molecular weight is 916 g/mol. The van der Waals surface area contributed by atoms with Crippen LogP contribution in [-0.2, 0) is 0 Å². The molecule has 0 atom stereocenters. The summed E-state index contributed by atoms with van der Waals surface area (Å²) < 4.78 is 0. The van der Waals surface area contributed by atoms with Gasteiger partial charge < -0.3 is 14.7 Å². The molecule has 0 amide bonds. The molecule has 0 unspecified atom stereocenters. The fraction of sp³-hybridized carbons (Fsp3) is 0.134. The molecule has 9 rings (SSSR count). The van der Waals surface area contributed by atoms with Crippen LogP contribution in [0.5, 0.6) is 0 Å². The highest BCUT2D eigenvalue weighted by Crippen LogP contribution is 2.41. The average Bonchev–Trinajstić information content (AvgIpc) is 3.79. The molecular weight excluding hydrogens is 847 g/mol. The van der Waals surface area contributed by atoms with Crippen molar-refractivity contribution in [1.29, 1.82) is 0 Å². The van der Waals surface area contributed by atoms with Crippen LogP contribution in [0.3, 0.4) is 0 Å². The molecule has 0 saturated carbocycles. The van der Waals surface area contributed by atoms with Crippen LogP contribution in [-0.4, -0.2) is 6.54 Å². The number of terminal acetylenes is 1. The fourth-order valence-electron chi connectivity index (χ4n) is 8.22. The van der Waals surface area contributed by atoms with E-state index in [4.69, 9.17) is 0 Å². The lowest BCUT2D eigenvalue weighted by molar-refractivity contribution is 1.16. The standard InChI is InChI=1S/C57H47N3.C4H8.2C2H6.C2H2/c1-4-13-49-16-9-11-18-56(49)58(40-5-2)50-30-20-45(21-31-50)47-26-36-53(37-27-47)60(52-34-24-44(25-35-52)43-14-7-6-8-15-43)54-38-28-48(29-39-54)46-22-32-51(33-23-46)59-41-42(3)55-17-10-12-19-57(55)59;1-3-4-2;3*1-2/h4-40H,3,41H2,1-2H3;3H,1,4H2,2H3;2*1-2H3;1-2H/b13-4+,40-5+;;;;. The highest BCUT2D eigenvalue weighted by molar-refractivity contribution is 5.89. The quantitative estimate of drug-likeness (QED) is 0.0893. The Hall–Kier alpha value is -8.32. The van der Waals surface area contributed by atoms with Gasteiger partial charge in [-0.3, -0.25) is 0 Å². The van der Waals surface area contributed by atoms with E-state index in [9.17, 15) is 0 Å². The second kappa shape index (κ2) is 27.5. The summed E-state index contributed by atoms with van der Waals surface area (Å²) in [5, 5.41) is 0. The highest BCUT2D eigenvalue weighted by atomic mass is 15.2. The third-order valence-corrected chi connectivity index (χ3v) is 11.5. The molecule has 0 radical (unpaired) electrons. The Kier molecular flexibility index (Phi) is 20.7. The smallest absolute Gasteiger partial charge is 0.0527 e. The van der Waals surface area contributed by atoms with Gasteiger partial charge in [0.1, 0.15) is 0 Å². The van der Waals surface area contributed by atoms with Crippen LogP contribution >= 0.6 is 0 Å². The van der Waals surface area contributed by atoms with Crippen LogP contribution in [0, 0.1) is 12.8 Å². The van der Waals surface area contributed by atoms with Crippen LogP contribution in [0.1, 0.15) is 66.0 Å². The van der Waals surface area contributed by atoms with Gasteiger partial charge >= 0.3 is 0 Å². The van der Waals surface area contributed by atoms with Gasteiger partial charge in [0.05, 0.1) is 5.69 Å². The van der Waals surface area contributed by atoms with Crippen molar-refractivity contribution in [2.45, 2.75) is 54.9 Å². The van der Waals surface area contributed by atoms with Crippen molar-refractivity contribution in [1.82, 2.24) is 0 Å². The van der Waals surface area contributed by atoms with E-state index in [1.54, 1.807) is 0 Å². The summed E-state index contributed by atoms with van der Waals surface area (Å²) in [5.41, 5.74) is 18.6. The van der Waals surface area contributed by atoms with E-state index in [-0.39, 0.29) is 0 Å². The summed E-state index contributed by atoms with van der Waals surface area (Å²) in [6.45, 7) is 22.8. The van der Waals surface area contributed by atoms with E-state index in [1.165, 1.54) is 50.3 Å². The molecule has 352 valence electrons. The minimum atomic E-state index is 0.811. The maximum absolute atomic E-state index is 4.32. The minimum Gasteiger partial charge on any atom is -0.336 e. The number of fused-ring (bicyclic) bond motifs is 1. The van der Waals surface area contributed by atoms with Gasteiger partial charge in [-0.05, 0) is 138 Å². The Morgan fingerprint density at radius 1 is 0.500 bits per heavy atom. The molecule has 0 fully saturated rings. The van der Waals surface area contributed by atoms with E-state index in [2.05, 4.69) is 286 Å². The molecule has 8 aromatic carbocycles. The van der Waals surface area contributed by atoms with Gasteiger partial charge in [-0.15, -0.1) is 19.4 Å². The number of allylic oxidation sites excluding steroid dienone is 3. The number of nitrogens with zero attached hydrogens (tertiary/aromatic N) is 3. The van der Waals surface area contributed by atoms with Crippen LogP contribution in [0.4, 0.5) is 39.8 Å². The normalized spacial score (nSPS) is 11.1. The maximum Gasteiger partial charge on any atom is 0.0527 e. The molecule has 0 bridgehead atoms. The van der Waals surface area contributed by atoms with Gasteiger partial charge in [0.2, 0.25) is 0 Å². The van der Waals surface area contributed by atoms with E-state index in [1.807, 2.05) is 33.8 Å². The monoisotopic (exact) mass is 916 g/mol. The lowest BCUT2D eigenvalue weighted by Crippen LogP contribution is -2.12. The predicted octanol–water partition coefficient (Wildman–Crippen LogP) is 19.9. The maximum atomic E-state index is 4.32. The van der Waals surface area contributed by atoms with Crippen molar-refractivity contribution in [3.63, 3.8) is 0 Å². The van der Waals surface area contributed by atoms with E-state index >= 15 is 0 Å². The first-order chi connectivity index (χ1) is 34.5. The van der Waals surface area contributed by atoms with Gasteiger partial charge in [0.15, 0.2) is 0 Å². The number of rotatable bonds is 12. The zero-order chi connectivity index (χ0) is 50.3. The second-order valence-electron chi connectivity index (χ2n) is 15.8. The molecule has 0 spiro atoms. The summed E-state index contributed by atoms with van der Waals surface area (Å²) in [7, 11) is 0. The fourth-order valence-corrected chi connectivity index (χ4v) is 8.22. The number of anilines is 7. The largest absolute Gasteiger partial charge is 0.336 e. The molecule has 1 heterocycles. The third kappa shape index (κ3) is 12.8. The zero-order valence-corrected chi connectivity index (χ0v) is 42.3. The van der Waals surface area contributed by atoms with Gasteiger partial charge in [-0.2, -0.15) is 0 Å². The van der Waals surface area contributed by atoms with Crippen LogP contribution < -0.4 is 14.7 Å². The molecule has 0 aliphatic carbocycles. The van der Waals surface area contributed by atoms with Crippen molar-refractivity contribution >= 4 is 51.5 Å². The Morgan fingerprint density at radius 2 is 0.900 bits per heavy atom. The number of hydrogen-bond acceptors (Lipinski definition) is 3. The van der Waals surface area contributed by atoms with E-state index in [0.717, 1.165) is 52.5 Å². The summed E-state index contributed by atoms with van der Waals surface area (Å²) in [5.74, 6) is 0. The van der Waals surface area contributed by atoms with Gasteiger partial charge in [0.25, 0.3) is 0 Å². The van der Waals surface area contributed by atoms with Gasteiger partial charge in [0, 0.05) is 52.4 Å². The minimum absolute atomic E-state index is 0.811. The summed E-state index contributed by atoms with van der Waals surface area (Å²) in [6.07, 6.45) is 19.4.